The number of ether oxygens (including phenoxy) is 1. The van der Waals surface area contributed by atoms with E-state index in [1.54, 1.807) is 6.92 Å². The standard InChI is InChI=1S/C8H14O4S2/c1-2-8(11)12-4-6-14-13-5-3-7(9)10/h2-6H2,1H3,(H,9,10). The van der Waals surface area contributed by atoms with Crippen LogP contribution >= 0.6 is 21.6 Å². The first-order valence-corrected chi connectivity index (χ1v) is 6.77. The summed E-state index contributed by atoms with van der Waals surface area (Å²) in [6, 6.07) is 0. The van der Waals surface area contributed by atoms with E-state index in [9.17, 15) is 9.59 Å². The predicted octanol–water partition coefficient (Wildman–Crippen LogP) is 1.80. The third-order valence-electron chi connectivity index (χ3n) is 1.20. The number of hydrogen-bond acceptors (Lipinski definition) is 5. The van der Waals surface area contributed by atoms with Crippen molar-refractivity contribution in [3.05, 3.63) is 0 Å². The largest absolute Gasteiger partial charge is 0.481 e. The van der Waals surface area contributed by atoms with Gasteiger partial charge in [0.2, 0.25) is 0 Å². The van der Waals surface area contributed by atoms with Crippen molar-refractivity contribution in [3.63, 3.8) is 0 Å². The molecule has 0 aromatic heterocycles. The number of carbonyl (C=O) groups excluding carboxylic acids is 1. The van der Waals surface area contributed by atoms with E-state index in [-0.39, 0.29) is 12.4 Å². The SMILES string of the molecule is CCC(=O)OCCSSCCC(=O)O. The van der Waals surface area contributed by atoms with Gasteiger partial charge in [-0.3, -0.25) is 9.59 Å². The Labute approximate surface area is 91.2 Å². The molecule has 0 heterocycles. The number of carboxylic acid groups (broad SMARTS) is 1. The van der Waals surface area contributed by atoms with Gasteiger partial charge in [-0.1, -0.05) is 28.5 Å². The van der Waals surface area contributed by atoms with E-state index in [4.69, 9.17) is 9.84 Å². The summed E-state index contributed by atoms with van der Waals surface area (Å²) in [7, 11) is 3.01. The lowest BCUT2D eigenvalue weighted by molar-refractivity contribution is -0.142. The van der Waals surface area contributed by atoms with Crippen LogP contribution in [-0.4, -0.2) is 35.2 Å². The molecule has 0 aliphatic rings. The number of carbonyl (C=O) groups is 2. The highest BCUT2D eigenvalue weighted by Gasteiger charge is 1.99. The summed E-state index contributed by atoms with van der Waals surface area (Å²) in [6.45, 7) is 2.15. The average molecular weight is 238 g/mol. The second-order valence-corrected chi connectivity index (χ2v) is 5.06. The van der Waals surface area contributed by atoms with E-state index in [0.717, 1.165) is 0 Å². The molecule has 0 saturated heterocycles. The molecule has 0 fully saturated rings. The van der Waals surface area contributed by atoms with Crippen LogP contribution in [0.3, 0.4) is 0 Å². The molecule has 0 aromatic carbocycles. The summed E-state index contributed by atoms with van der Waals surface area (Å²) in [6.07, 6.45) is 0.573. The van der Waals surface area contributed by atoms with Crippen LogP contribution in [0, 0.1) is 0 Å². The molecule has 0 atom stereocenters. The second kappa shape index (κ2) is 9.21. The minimum absolute atomic E-state index is 0.173. The normalized spacial score (nSPS) is 9.79. The van der Waals surface area contributed by atoms with E-state index in [0.29, 0.717) is 24.5 Å². The zero-order valence-corrected chi connectivity index (χ0v) is 9.66. The fraction of sp³-hybridized carbons (Fsp3) is 0.750. The Hall–Kier alpha value is -0.360. The molecule has 0 aromatic rings. The van der Waals surface area contributed by atoms with Crippen molar-refractivity contribution >= 4 is 33.5 Å². The van der Waals surface area contributed by atoms with Crippen molar-refractivity contribution in [3.8, 4) is 0 Å². The van der Waals surface area contributed by atoms with Crippen molar-refractivity contribution < 1.29 is 19.4 Å². The molecule has 0 unspecified atom stereocenters. The van der Waals surface area contributed by atoms with Crippen LogP contribution in [0.15, 0.2) is 0 Å². The number of rotatable bonds is 8. The van der Waals surface area contributed by atoms with E-state index < -0.39 is 5.97 Å². The summed E-state index contributed by atoms with van der Waals surface area (Å²) in [5, 5.41) is 8.33. The summed E-state index contributed by atoms with van der Waals surface area (Å²) >= 11 is 0. The van der Waals surface area contributed by atoms with Gasteiger partial charge in [-0.2, -0.15) is 0 Å². The topological polar surface area (TPSA) is 63.6 Å². The maximum absolute atomic E-state index is 10.7. The molecule has 0 amide bonds. The number of hydrogen-bond donors (Lipinski definition) is 1. The molecule has 0 radical (unpaired) electrons. The molecular weight excluding hydrogens is 224 g/mol. The molecule has 14 heavy (non-hydrogen) atoms. The Morgan fingerprint density at radius 1 is 1.29 bits per heavy atom. The van der Waals surface area contributed by atoms with Crippen molar-refractivity contribution in [1.29, 1.82) is 0 Å². The summed E-state index contributed by atoms with van der Waals surface area (Å²) in [5.41, 5.74) is 0. The highest BCUT2D eigenvalue weighted by atomic mass is 33.1. The van der Waals surface area contributed by atoms with Gasteiger partial charge in [0.05, 0.1) is 6.42 Å². The number of esters is 1. The van der Waals surface area contributed by atoms with Gasteiger partial charge in [0.15, 0.2) is 0 Å². The highest BCUT2D eigenvalue weighted by Crippen LogP contribution is 2.21. The van der Waals surface area contributed by atoms with E-state index >= 15 is 0 Å². The molecule has 0 aliphatic heterocycles. The molecule has 0 spiro atoms. The first-order chi connectivity index (χ1) is 6.66. The molecular formula is C8H14O4S2. The van der Waals surface area contributed by atoms with Crippen LogP contribution in [0.1, 0.15) is 19.8 Å². The lowest BCUT2D eigenvalue weighted by Crippen LogP contribution is -2.05. The van der Waals surface area contributed by atoms with Gasteiger partial charge >= 0.3 is 11.9 Å². The third kappa shape index (κ3) is 9.73. The number of aliphatic carboxylic acids is 1. The van der Waals surface area contributed by atoms with Crippen molar-refractivity contribution in [2.75, 3.05) is 18.1 Å². The van der Waals surface area contributed by atoms with Crippen LogP contribution in [0.4, 0.5) is 0 Å². The lowest BCUT2D eigenvalue weighted by atomic mass is 10.5. The highest BCUT2D eigenvalue weighted by molar-refractivity contribution is 8.76. The first-order valence-electron chi connectivity index (χ1n) is 4.28. The van der Waals surface area contributed by atoms with Gasteiger partial charge in [0.1, 0.15) is 6.61 Å². The van der Waals surface area contributed by atoms with Gasteiger partial charge < -0.3 is 9.84 Å². The zero-order chi connectivity index (χ0) is 10.8. The van der Waals surface area contributed by atoms with Gasteiger partial charge in [-0.05, 0) is 0 Å². The van der Waals surface area contributed by atoms with Crippen LogP contribution < -0.4 is 0 Å². The predicted molar refractivity (Wildman–Crippen MR) is 58.4 cm³/mol. The lowest BCUT2D eigenvalue weighted by Gasteiger charge is -2.01. The van der Waals surface area contributed by atoms with Crippen LogP contribution in [0.25, 0.3) is 0 Å². The van der Waals surface area contributed by atoms with Crippen molar-refractivity contribution in [2.45, 2.75) is 19.8 Å². The van der Waals surface area contributed by atoms with Crippen molar-refractivity contribution in [2.24, 2.45) is 0 Å². The Bertz CT molecular complexity index is 184. The molecule has 0 bridgehead atoms. The fourth-order valence-corrected chi connectivity index (χ4v) is 2.34. The molecule has 1 N–H and O–H groups in total. The summed E-state index contributed by atoms with van der Waals surface area (Å²) in [5.74, 6) is 0.314. The molecule has 0 aliphatic carbocycles. The van der Waals surface area contributed by atoms with Crippen LogP contribution in [-0.2, 0) is 14.3 Å². The Kier molecular flexibility index (Phi) is 8.97. The van der Waals surface area contributed by atoms with Gasteiger partial charge in [0, 0.05) is 17.9 Å². The maximum Gasteiger partial charge on any atom is 0.305 e. The van der Waals surface area contributed by atoms with Gasteiger partial charge in [-0.25, -0.2) is 0 Å². The molecule has 6 heteroatoms. The third-order valence-corrected chi connectivity index (χ3v) is 3.57. The fourth-order valence-electron chi connectivity index (χ4n) is 0.538. The monoisotopic (exact) mass is 238 g/mol. The second-order valence-electron chi connectivity index (χ2n) is 2.36. The number of carboxylic acids is 1. The van der Waals surface area contributed by atoms with Gasteiger partial charge in [0.25, 0.3) is 0 Å². The van der Waals surface area contributed by atoms with E-state index in [1.165, 1.54) is 21.6 Å². The Morgan fingerprint density at radius 3 is 2.50 bits per heavy atom. The quantitative estimate of drug-likeness (QED) is 0.395. The average Bonchev–Trinajstić information content (AvgIpc) is 2.15. The minimum Gasteiger partial charge on any atom is -0.481 e. The first kappa shape index (κ1) is 13.6. The molecule has 4 nitrogen and oxygen atoms in total. The van der Waals surface area contributed by atoms with Crippen LogP contribution in [0.5, 0.6) is 0 Å². The van der Waals surface area contributed by atoms with Crippen LogP contribution in [0.2, 0.25) is 0 Å². The minimum atomic E-state index is -0.782. The summed E-state index contributed by atoms with van der Waals surface area (Å²) < 4.78 is 4.83. The molecule has 0 rings (SSSR count). The smallest absolute Gasteiger partial charge is 0.305 e. The summed E-state index contributed by atoms with van der Waals surface area (Å²) in [4.78, 5) is 20.8. The Morgan fingerprint density at radius 2 is 1.93 bits per heavy atom. The zero-order valence-electron chi connectivity index (χ0n) is 8.02. The van der Waals surface area contributed by atoms with E-state index in [1.807, 2.05) is 0 Å². The van der Waals surface area contributed by atoms with Crippen molar-refractivity contribution in [1.82, 2.24) is 0 Å². The van der Waals surface area contributed by atoms with Gasteiger partial charge in [-0.15, -0.1) is 0 Å². The molecule has 0 saturated carbocycles. The van der Waals surface area contributed by atoms with E-state index in [2.05, 4.69) is 0 Å². The Balaban J connectivity index is 3.06. The maximum atomic E-state index is 10.7. The molecule has 82 valence electrons.